The molecule has 1 aliphatic rings. The van der Waals surface area contributed by atoms with Gasteiger partial charge < -0.3 is 15.0 Å². The largest absolute Gasteiger partial charge is 0.438 e. The highest BCUT2D eigenvalue weighted by atomic mass is 35.5. The van der Waals surface area contributed by atoms with E-state index in [1.807, 2.05) is 24.3 Å². The predicted octanol–water partition coefficient (Wildman–Crippen LogP) is 4.29. The minimum absolute atomic E-state index is 0.0611. The molecule has 3 aromatic rings. The summed E-state index contributed by atoms with van der Waals surface area (Å²) in [7, 11) is -3.95. The molecule has 0 atom stereocenters. The van der Waals surface area contributed by atoms with Gasteiger partial charge in [-0.2, -0.15) is 12.2 Å². The number of rotatable bonds is 6. The molecular formula is C21H20Cl2N4O3S. The van der Waals surface area contributed by atoms with Crippen LogP contribution in [0.5, 0.6) is 11.6 Å². The first-order chi connectivity index (χ1) is 14.9. The van der Waals surface area contributed by atoms with Gasteiger partial charge in [0.2, 0.25) is 5.88 Å². The van der Waals surface area contributed by atoms with Crippen LogP contribution < -0.4 is 18.8 Å². The van der Waals surface area contributed by atoms with Crippen molar-refractivity contribution in [2.24, 2.45) is 0 Å². The van der Waals surface area contributed by atoms with Gasteiger partial charge in [-0.05, 0) is 42.5 Å². The molecule has 7 nitrogen and oxygen atoms in total. The number of pyridine rings is 1. The van der Waals surface area contributed by atoms with Gasteiger partial charge >= 0.3 is 0 Å². The lowest BCUT2D eigenvalue weighted by Gasteiger charge is -2.29. The maximum atomic E-state index is 12.7. The van der Waals surface area contributed by atoms with Crippen LogP contribution in [0.4, 0.5) is 11.4 Å². The smallest absolute Gasteiger partial charge is 0.278 e. The van der Waals surface area contributed by atoms with Crippen molar-refractivity contribution in [1.82, 2.24) is 10.3 Å². The van der Waals surface area contributed by atoms with E-state index in [0.717, 1.165) is 31.9 Å². The monoisotopic (exact) mass is 478 g/mol. The summed E-state index contributed by atoms with van der Waals surface area (Å²) in [5, 5.41) is 3.46. The zero-order valence-corrected chi connectivity index (χ0v) is 18.7. The summed E-state index contributed by atoms with van der Waals surface area (Å²) in [5.74, 6) is 0.725. The van der Waals surface area contributed by atoms with Crippen molar-refractivity contribution in [3.63, 3.8) is 0 Å². The minimum Gasteiger partial charge on any atom is -0.438 e. The molecule has 1 saturated heterocycles. The van der Waals surface area contributed by atoms with Gasteiger partial charge in [0.05, 0.1) is 16.8 Å². The molecule has 0 bridgehead atoms. The average Bonchev–Trinajstić information content (AvgIpc) is 2.81. The number of piperazine rings is 1. The quantitative estimate of drug-likeness (QED) is 0.532. The number of hydrogen-bond acceptors (Lipinski definition) is 6. The summed E-state index contributed by atoms with van der Waals surface area (Å²) < 4.78 is 31.7. The molecule has 2 heterocycles. The van der Waals surface area contributed by atoms with Crippen LogP contribution in [0.25, 0.3) is 0 Å². The molecule has 1 fully saturated rings. The Kier molecular flexibility index (Phi) is 6.52. The topological polar surface area (TPSA) is 74.8 Å². The summed E-state index contributed by atoms with van der Waals surface area (Å²) in [4.78, 5) is 6.51. The number of ether oxygens (including phenoxy) is 1. The molecule has 1 aliphatic heterocycles. The molecule has 0 aliphatic carbocycles. The van der Waals surface area contributed by atoms with E-state index < -0.39 is 10.0 Å². The van der Waals surface area contributed by atoms with Crippen LogP contribution in [0.1, 0.15) is 0 Å². The number of aromatic nitrogens is 1. The molecule has 2 aromatic carbocycles. The minimum atomic E-state index is -3.95. The molecule has 10 heteroatoms. The van der Waals surface area contributed by atoms with Crippen molar-refractivity contribution in [3.05, 3.63) is 71.9 Å². The first-order valence-corrected chi connectivity index (χ1v) is 11.8. The number of nitrogens with zero attached hydrogens (tertiary/aromatic N) is 3. The van der Waals surface area contributed by atoms with E-state index in [1.165, 1.54) is 24.4 Å². The van der Waals surface area contributed by atoms with Crippen molar-refractivity contribution in [2.45, 2.75) is 4.90 Å². The van der Waals surface area contributed by atoms with Crippen LogP contribution in [0.15, 0.2) is 71.8 Å². The molecule has 0 unspecified atom stereocenters. The van der Waals surface area contributed by atoms with E-state index in [0.29, 0.717) is 9.57 Å². The Bertz CT molecular complexity index is 1140. The molecule has 31 heavy (non-hydrogen) atoms. The lowest BCUT2D eigenvalue weighted by molar-refractivity contribution is 0.463. The van der Waals surface area contributed by atoms with Crippen LogP contribution in [0.3, 0.4) is 0 Å². The third kappa shape index (κ3) is 4.88. The van der Waals surface area contributed by atoms with Crippen LogP contribution in [0.2, 0.25) is 5.02 Å². The maximum Gasteiger partial charge on any atom is 0.278 e. The Hall–Kier alpha value is -2.52. The molecule has 0 radical (unpaired) electrons. The van der Waals surface area contributed by atoms with E-state index in [4.69, 9.17) is 28.1 Å². The summed E-state index contributed by atoms with van der Waals surface area (Å²) >= 11 is 12.4. The van der Waals surface area contributed by atoms with E-state index in [-0.39, 0.29) is 21.5 Å². The maximum absolute atomic E-state index is 12.7. The van der Waals surface area contributed by atoms with Gasteiger partial charge in [0.25, 0.3) is 10.0 Å². The Labute approximate surface area is 191 Å². The van der Waals surface area contributed by atoms with E-state index in [9.17, 15) is 8.42 Å². The summed E-state index contributed by atoms with van der Waals surface area (Å²) in [5.41, 5.74) is 1.23. The van der Waals surface area contributed by atoms with Crippen LogP contribution in [-0.2, 0) is 10.0 Å². The lowest BCUT2D eigenvalue weighted by Crippen LogP contribution is -2.43. The van der Waals surface area contributed by atoms with E-state index in [1.54, 1.807) is 18.2 Å². The fourth-order valence-electron chi connectivity index (χ4n) is 3.17. The number of nitrogens with one attached hydrogen (secondary N) is 1. The highest BCUT2D eigenvalue weighted by Crippen LogP contribution is 2.33. The Balaban J connectivity index is 1.49. The molecule has 0 spiro atoms. The van der Waals surface area contributed by atoms with Crippen molar-refractivity contribution in [3.8, 4) is 11.6 Å². The van der Waals surface area contributed by atoms with Gasteiger partial charge in [0, 0.05) is 43.6 Å². The fourth-order valence-corrected chi connectivity index (χ4v) is 4.76. The molecule has 162 valence electrons. The number of halogens is 2. The van der Waals surface area contributed by atoms with Crippen LogP contribution >= 0.6 is 23.4 Å². The third-order valence-electron chi connectivity index (χ3n) is 4.78. The average molecular weight is 479 g/mol. The molecule has 4 rings (SSSR count). The zero-order valence-electron chi connectivity index (χ0n) is 16.4. The van der Waals surface area contributed by atoms with Crippen LogP contribution in [-0.4, -0.2) is 39.6 Å². The second-order valence-electron chi connectivity index (χ2n) is 6.85. The van der Waals surface area contributed by atoms with Crippen molar-refractivity contribution in [2.75, 3.05) is 34.9 Å². The third-order valence-corrected chi connectivity index (χ3v) is 7.29. The second-order valence-corrected chi connectivity index (χ2v) is 9.58. The number of hydrogen-bond donors (Lipinski definition) is 1. The van der Waals surface area contributed by atoms with E-state index in [2.05, 4.69) is 15.2 Å². The van der Waals surface area contributed by atoms with Gasteiger partial charge in [0.1, 0.15) is 10.8 Å². The van der Waals surface area contributed by atoms with E-state index >= 15 is 0 Å². The molecule has 1 N–H and O–H groups in total. The first-order valence-electron chi connectivity index (χ1n) is 9.60. The Morgan fingerprint density at radius 2 is 1.71 bits per heavy atom. The first kappa shape index (κ1) is 21.7. The predicted molar refractivity (Wildman–Crippen MR) is 123 cm³/mol. The van der Waals surface area contributed by atoms with Gasteiger partial charge in [-0.3, -0.25) is 0 Å². The molecule has 0 saturated carbocycles. The van der Waals surface area contributed by atoms with Crippen molar-refractivity contribution >= 4 is 44.8 Å². The SMILES string of the molecule is O=S(=O)(c1ccccc1)N(Cl)c1cnc(Oc2ccc(N3CCNCC3)cc2)c(Cl)c1. The van der Waals surface area contributed by atoms with Gasteiger partial charge in [-0.15, -0.1) is 0 Å². The zero-order chi connectivity index (χ0) is 21.8. The molecular weight excluding hydrogens is 459 g/mol. The summed E-state index contributed by atoms with van der Waals surface area (Å²) in [6.07, 6.45) is 1.30. The fraction of sp³-hybridized carbons (Fsp3) is 0.190. The molecule has 0 amide bonds. The van der Waals surface area contributed by atoms with Crippen LogP contribution in [0, 0.1) is 0 Å². The lowest BCUT2D eigenvalue weighted by atomic mass is 10.2. The number of sulfonamides is 1. The molecule has 1 aromatic heterocycles. The highest BCUT2D eigenvalue weighted by molar-refractivity contribution is 7.94. The highest BCUT2D eigenvalue weighted by Gasteiger charge is 2.24. The summed E-state index contributed by atoms with van der Waals surface area (Å²) in [6.45, 7) is 3.83. The Morgan fingerprint density at radius 3 is 2.35 bits per heavy atom. The second kappa shape index (κ2) is 9.32. The van der Waals surface area contributed by atoms with Crippen molar-refractivity contribution in [1.29, 1.82) is 0 Å². The van der Waals surface area contributed by atoms with Gasteiger partial charge in [-0.25, -0.2) is 4.98 Å². The number of benzene rings is 2. The number of anilines is 2. The standard InChI is InChI=1S/C21H20Cl2N4O3S/c22-20-14-17(27(23)31(28,29)19-4-2-1-3-5-19)15-25-21(20)30-18-8-6-16(7-9-18)26-12-10-24-11-13-26/h1-9,14-15,24H,10-13H2. The summed E-state index contributed by atoms with van der Waals surface area (Å²) in [6, 6.07) is 16.9. The normalized spacial score (nSPS) is 14.3. The van der Waals surface area contributed by atoms with Gasteiger partial charge in [0.15, 0.2) is 0 Å². The Morgan fingerprint density at radius 1 is 1.03 bits per heavy atom. The van der Waals surface area contributed by atoms with Crippen molar-refractivity contribution < 1.29 is 13.2 Å². The van der Waals surface area contributed by atoms with Gasteiger partial charge in [-0.1, -0.05) is 29.8 Å².